The fraction of sp³-hybridized carbons (Fsp3) is 0.414. The highest BCUT2D eigenvalue weighted by atomic mass is 35.5. The molecule has 0 radical (unpaired) electrons. The molecular formula is C29H31ClN4O4. The Bertz CT molecular complexity index is 1440. The van der Waals surface area contributed by atoms with Crippen LogP contribution in [0.4, 0.5) is 0 Å². The van der Waals surface area contributed by atoms with E-state index in [0.29, 0.717) is 36.4 Å². The topological polar surface area (TPSA) is 82.6 Å². The van der Waals surface area contributed by atoms with Crippen molar-refractivity contribution in [2.24, 2.45) is 0 Å². The number of furan rings is 1. The average molecular weight is 535 g/mol. The van der Waals surface area contributed by atoms with Gasteiger partial charge in [-0.2, -0.15) is 0 Å². The van der Waals surface area contributed by atoms with Gasteiger partial charge in [0.25, 0.3) is 0 Å². The number of piperidine rings is 1. The van der Waals surface area contributed by atoms with E-state index in [-0.39, 0.29) is 6.10 Å². The Kier molecular flexibility index (Phi) is 7.19. The maximum absolute atomic E-state index is 11.2. The van der Waals surface area contributed by atoms with Crippen molar-refractivity contribution in [2.75, 3.05) is 19.7 Å². The van der Waals surface area contributed by atoms with Gasteiger partial charge < -0.3 is 13.9 Å². The van der Waals surface area contributed by atoms with Gasteiger partial charge in [0, 0.05) is 35.4 Å². The number of rotatable bonds is 9. The summed E-state index contributed by atoms with van der Waals surface area (Å²) in [6.45, 7) is 6.63. The van der Waals surface area contributed by atoms with Crippen LogP contribution in [0.2, 0.25) is 5.02 Å². The van der Waals surface area contributed by atoms with E-state index in [2.05, 4.69) is 15.5 Å². The molecule has 9 heteroatoms. The van der Waals surface area contributed by atoms with Crippen LogP contribution in [0.5, 0.6) is 5.88 Å². The molecule has 2 aliphatic heterocycles. The van der Waals surface area contributed by atoms with Crippen LogP contribution in [-0.2, 0) is 24.4 Å². The molecule has 0 bridgehead atoms. The van der Waals surface area contributed by atoms with Crippen molar-refractivity contribution >= 4 is 29.1 Å². The highest BCUT2D eigenvalue weighted by Crippen LogP contribution is 2.30. The van der Waals surface area contributed by atoms with E-state index in [9.17, 15) is 4.79 Å². The van der Waals surface area contributed by atoms with Gasteiger partial charge in [0.1, 0.15) is 17.9 Å². The van der Waals surface area contributed by atoms with Crippen LogP contribution in [0.25, 0.3) is 11.2 Å². The summed E-state index contributed by atoms with van der Waals surface area (Å²) < 4.78 is 19.5. The molecule has 0 aliphatic carbocycles. The van der Waals surface area contributed by atoms with E-state index in [1.807, 2.05) is 37.3 Å². The second-order valence-electron chi connectivity index (χ2n) is 10.2. The summed E-state index contributed by atoms with van der Waals surface area (Å²) in [7, 11) is 0. The number of nitrogens with zero attached hydrogens (tertiary/aromatic N) is 4. The number of ether oxygens (including phenoxy) is 2. The molecule has 2 aliphatic rings. The molecule has 2 fully saturated rings. The Labute approximate surface area is 226 Å². The molecule has 38 heavy (non-hydrogen) atoms. The third-order valence-corrected chi connectivity index (χ3v) is 7.85. The SMILES string of the molecule is Cc1cc(Cl)ccc1COc1cccc(C2CCN(Cc3nc4cc(C=O)oc4n3CC3CCO3)CC2)n1. The lowest BCUT2D eigenvalue weighted by Gasteiger charge is -2.32. The number of carbonyl (C=O) groups excluding carboxylic acids is 1. The molecule has 198 valence electrons. The lowest BCUT2D eigenvalue weighted by molar-refractivity contribution is -0.0595. The fourth-order valence-corrected chi connectivity index (χ4v) is 5.50. The normalized spacial score (nSPS) is 18.5. The van der Waals surface area contributed by atoms with Gasteiger partial charge in [0.15, 0.2) is 12.0 Å². The largest absolute Gasteiger partial charge is 0.473 e. The maximum Gasteiger partial charge on any atom is 0.227 e. The number of benzene rings is 1. The van der Waals surface area contributed by atoms with Crippen LogP contribution < -0.4 is 4.74 Å². The van der Waals surface area contributed by atoms with Crippen LogP contribution in [0, 0.1) is 6.92 Å². The van der Waals surface area contributed by atoms with Crippen molar-refractivity contribution in [3.63, 3.8) is 0 Å². The molecule has 5 heterocycles. The Morgan fingerprint density at radius 1 is 1.13 bits per heavy atom. The van der Waals surface area contributed by atoms with Crippen molar-refractivity contribution in [2.45, 2.75) is 57.9 Å². The van der Waals surface area contributed by atoms with E-state index in [0.717, 1.165) is 85.0 Å². The first-order chi connectivity index (χ1) is 18.6. The van der Waals surface area contributed by atoms with Crippen molar-refractivity contribution in [3.8, 4) is 5.88 Å². The summed E-state index contributed by atoms with van der Waals surface area (Å²) in [5.41, 5.74) is 4.68. The van der Waals surface area contributed by atoms with Gasteiger partial charge in [-0.3, -0.25) is 14.3 Å². The molecule has 0 spiro atoms. The third-order valence-electron chi connectivity index (χ3n) is 7.61. The van der Waals surface area contributed by atoms with Crippen LogP contribution in [0.15, 0.2) is 46.9 Å². The minimum absolute atomic E-state index is 0.172. The average Bonchev–Trinajstić information content (AvgIpc) is 3.44. The lowest BCUT2D eigenvalue weighted by Crippen LogP contribution is -2.35. The van der Waals surface area contributed by atoms with E-state index in [1.54, 1.807) is 6.07 Å². The molecule has 8 nitrogen and oxygen atoms in total. The molecule has 0 amide bonds. The summed E-state index contributed by atoms with van der Waals surface area (Å²) in [6.07, 6.45) is 3.96. The summed E-state index contributed by atoms with van der Waals surface area (Å²) in [5, 5.41) is 0.732. The fourth-order valence-electron chi connectivity index (χ4n) is 5.28. The predicted octanol–water partition coefficient (Wildman–Crippen LogP) is 5.55. The van der Waals surface area contributed by atoms with Crippen LogP contribution >= 0.6 is 11.6 Å². The molecule has 2 saturated heterocycles. The van der Waals surface area contributed by atoms with E-state index >= 15 is 0 Å². The summed E-state index contributed by atoms with van der Waals surface area (Å²) >= 11 is 6.07. The van der Waals surface area contributed by atoms with Crippen LogP contribution in [0.3, 0.4) is 0 Å². The van der Waals surface area contributed by atoms with Gasteiger partial charge in [0.2, 0.25) is 11.6 Å². The van der Waals surface area contributed by atoms with Gasteiger partial charge in [-0.1, -0.05) is 23.7 Å². The van der Waals surface area contributed by atoms with Gasteiger partial charge in [-0.15, -0.1) is 0 Å². The summed E-state index contributed by atoms with van der Waals surface area (Å²) in [6, 6.07) is 13.6. The molecule has 3 aromatic heterocycles. The molecule has 1 atom stereocenters. The zero-order chi connectivity index (χ0) is 26.1. The molecule has 0 N–H and O–H groups in total. The number of aromatic nitrogens is 3. The highest BCUT2D eigenvalue weighted by Gasteiger charge is 2.27. The van der Waals surface area contributed by atoms with Crippen LogP contribution in [-0.4, -0.2) is 51.5 Å². The molecular weight excluding hydrogens is 504 g/mol. The molecule has 4 aromatic rings. The van der Waals surface area contributed by atoms with E-state index in [1.165, 1.54) is 0 Å². The standard InChI is InChI=1S/C29H31ClN4O4/c1-19-13-22(30)6-5-21(19)18-37-28-4-2-3-25(32-28)20-7-10-33(11-8-20)16-27-31-26-14-24(17-35)38-29(26)34(27)15-23-9-12-36-23/h2-6,13-14,17,20,23H,7-12,15-16,18H2,1H3. The first-order valence-corrected chi connectivity index (χ1v) is 13.6. The zero-order valence-electron chi connectivity index (χ0n) is 21.4. The number of aryl methyl sites for hydroxylation is 1. The number of likely N-dealkylation sites (tertiary alicyclic amines) is 1. The predicted molar refractivity (Wildman–Crippen MR) is 144 cm³/mol. The van der Waals surface area contributed by atoms with Crippen molar-refractivity contribution in [3.05, 3.63) is 75.9 Å². The van der Waals surface area contributed by atoms with Crippen molar-refractivity contribution < 1.29 is 18.7 Å². The number of halogens is 1. The van der Waals surface area contributed by atoms with E-state index < -0.39 is 0 Å². The minimum Gasteiger partial charge on any atom is -0.473 e. The van der Waals surface area contributed by atoms with Gasteiger partial charge >= 0.3 is 0 Å². The second kappa shape index (κ2) is 10.9. The van der Waals surface area contributed by atoms with Gasteiger partial charge in [-0.05, 0) is 68.6 Å². The number of aldehydes is 1. The highest BCUT2D eigenvalue weighted by molar-refractivity contribution is 6.30. The smallest absolute Gasteiger partial charge is 0.227 e. The molecule has 0 saturated carbocycles. The number of fused-ring (bicyclic) bond motifs is 1. The number of pyridine rings is 1. The first kappa shape index (κ1) is 25.1. The summed E-state index contributed by atoms with van der Waals surface area (Å²) in [4.78, 5) is 23.3. The zero-order valence-corrected chi connectivity index (χ0v) is 22.2. The molecule has 1 unspecified atom stereocenters. The molecule has 6 rings (SSSR count). The third kappa shape index (κ3) is 5.34. The summed E-state index contributed by atoms with van der Waals surface area (Å²) in [5.74, 6) is 2.30. The number of hydrogen-bond donors (Lipinski definition) is 0. The lowest BCUT2D eigenvalue weighted by atomic mass is 9.93. The Hall–Kier alpha value is -3.20. The van der Waals surface area contributed by atoms with Crippen molar-refractivity contribution in [1.82, 2.24) is 19.4 Å². The minimum atomic E-state index is 0.172. The Balaban J connectivity index is 1.08. The number of hydrogen-bond acceptors (Lipinski definition) is 7. The quantitative estimate of drug-likeness (QED) is 0.260. The van der Waals surface area contributed by atoms with Crippen LogP contribution in [0.1, 0.15) is 58.4 Å². The Morgan fingerprint density at radius 2 is 1.97 bits per heavy atom. The number of carbonyl (C=O) groups is 1. The van der Waals surface area contributed by atoms with E-state index in [4.69, 9.17) is 35.5 Å². The van der Waals surface area contributed by atoms with Gasteiger partial charge in [-0.25, -0.2) is 9.97 Å². The second-order valence-corrected chi connectivity index (χ2v) is 10.6. The number of imidazole rings is 1. The van der Waals surface area contributed by atoms with Crippen molar-refractivity contribution in [1.29, 1.82) is 0 Å². The maximum atomic E-state index is 11.2. The first-order valence-electron chi connectivity index (χ1n) is 13.2. The monoisotopic (exact) mass is 534 g/mol. The molecule has 1 aromatic carbocycles. The Morgan fingerprint density at radius 3 is 2.71 bits per heavy atom. The van der Waals surface area contributed by atoms with Gasteiger partial charge in [0.05, 0.1) is 19.2 Å².